The number of nitro benzene ring substituents is 1. The minimum absolute atomic E-state index is 0.147. The first kappa shape index (κ1) is 26.6. The predicted molar refractivity (Wildman–Crippen MR) is 127 cm³/mol. The van der Waals surface area contributed by atoms with Crippen molar-refractivity contribution in [3.63, 3.8) is 0 Å². The van der Waals surface area contributed by atoms with E-state index in [0.717, 1.165) is 17.9 Å². The third-order valence-corrected chi connectivity index (χ3v) is 5.48. The standard InChI is InChI=1S/C22H28N4O7S/c1-22(2,3)33-21(28)25-14-15-5-7-16(8-6-15)20(27)24-12-11-23-18-10-9-17(34(4,31)32)13-19(18)26(29)30/h5-10,13,23H,11-12,14H2,1-4H3,(H,24,27)(H,25,28). The van der Waals surface area contributed by atoms with Gasteiger partial charge >= 0.3 is 6.09 Å². The summed E-state index contributed by atoms with van der Waals surface area (Å²) < 4.78 is 28.4. The maximum Gasteiger partial charge on any atom is 0.407 e. The fourth-order valence-electron chi connectivity index (χ4n) is 2.78. The van der Waals surface area contributed by atoms with Crippen molar-refractivity contribution < 1.29 is 27.7 Å². The van der Waals surface area contributed by atoms with Crippen molar-refractivity contribution in [2.45, 2.75) is 37.8 Å². The summed E-state index contributed by atoms with van der Waals surface area (Å²) in [4.78, 5) is 34.5. The number of ether oxygens (including phenoxy) is 1. The van der Waals surface area contributed by atoms with Gasteiger partial charge < -0.3 is 20.7 Å². The van der Waals surface area contributed by atoms with Crippen LogP contribution in [-0.4, -0.2) is 50.3 Å². The van der Waals surface area contributed by atoms with Gasteiger partial charge in [-0.1, -0.05) is 12.1 Å². The van der Waals surface area contributed by atoms with E-state index in [-0.39, 0.29) is 41.8 Å². The van der Waals surface area contributed by atoms with Gasteiger partial charge in [0.05, 0.1) is 9.82 Å². The number of hydrogen-bond acceptors (Lipinski definition) is 8. The highest BCUT2D eigenvalue weighted by molar-refractivity contribution is 7.90. The number of nitrogens with zero attached hydrogens (tertiary/aromatic N) is 1. The van der Waals surface area contributed by atoms with E-state index in [1.807, 2.05) is 0 Å². The molecular formula is C22H28N4O7S. The minimum Gasteiger partial charge on any atom is -0.444 e. The fourth-order valence-corrected chi connectivity index (χ4v) is 3.42. The Bertz CT molecular complexity index is 1160. The number of hydrogen-bond donors (Lipinski definition) is 3. The van der Waals surface area contributed by atoms with Gasteiger partial charge in [-0.3, -0.25) is 14.9 Å². The van der Waals surface area contributed by atoms with Crippen molar-refractivity contribution in [1.82, 2.24) is 10.6 Å². The van der Waals surface area contributed by atoms with Crippen LogP contribution in [-0.2, 0) is 21.1 Å². The highest BCUT2D eigenvalue weighted by atomic mass is 32.2. The lowest BCUT2D eigenvalue weighted by Gasteiger charge is -2.19. The van der Waals surface area contributed by atoms with Crippen LogP contribution in [0.1, 0.15) is 36.7 Å². The van der Waals surface area contributed by atoms with Crippen LogP contribution >= 0.6 is 0 Å². The molecule has 0 saturated carbocycles. The number of nitrogens with one attached hydrogen (secondary N) is 3. The molecule has 0 fully saturated rings. The first-order valence-corrected chi connectivity index (χ1v) is 12.2. The van der Waals surface area contributed by atoms with Crippen LogP contribution in [0.25, 0.3) is 0 Å². The van der Waals surface area contributed by atoms with E-state index in [9.17, 15) is 28.1 Å². The van der Waals surface area contributed by atoms with Gasteiger partial charge in [0.2, 0.25) is 0 Å². The van der Waals surface area contributed by atoms with Crippen LogP contribution in [0.4, 0.5) is 16.2 Å². The number of carbonyl (C=O) groups excluding carboxylic acids is 2. The van der Waals surface area contributed by atoms with E-state index in [0.29, 0.717) is 5.56 Å². The van der Waals surface area contributed by atoms with E-state index < -0.39 is 26.5 Å². The molecule has 0 bridgehead atoms. The van der Waals surface area contributed by atoms with Gasteiger partial charge in [0.25, 0.3) is 11.6 Å². The molecule has 0 aliphatic carbocycles. The molecule has 11 nitrogen and oxygen atoms in total. The van der Waals surface area contributed by atoms with Gasteiger partial charge in [0, 0.05) is 37.5 Å². The number of carbonyl (C=O) groups is 2. The second-order valence-electron chi connectivity index (χ2n) is 8.44. The Morgan fingerprint density at radius 3 is 2.24 bits per heavy atom. The maximum absolute atomic E-state index is 12.3. The molecule has 3 N–H and O–H groups in total. The molecule has 2 aromatic carbocycles. The third-order valence-electron chi connectivity index (χ3n) is 4.37. The molecule has 34 heavy (non-hydrogen) atoms. The molecule has 0 saturated heterocycles. The molecule has 2 amide bonds. The summed E-state index contributed by atoms with van der Waals surface area (Å²) in [6, 6.07) is 10.2. The summed E-state index contributed by atoms with van der Waals surface area (Å²) in [5, 5.41) is 19.4. The largest absolute Gasteiger partial charge is 0.444 e. The van der Waals surface area contributed by atoms with Crippen LogP contribution in [0.15, 0.2) is 47.4 Å². The summed E-state index contributed by atoms with van der Waals surface area (Å²) in [5.41, 5.74) is 0.377. The first-order chi connectivity index (χ1) is 15.8. The molecule has 0 unspecified atom stereocenters. The topological polar surface area (TPSA) is 157 Å². The maximum atomic E-state index is 12.3. The highest BCUT2D eigenvalue weighted by Crippen LogP contribution is 2.27. The average molecular weight is 493 g/mol. The summed E-state index contributed by atoms with van der Waals surface area (Å²) in [5.74, 6) is -0.338. The van der Waals surface area contributed by atoms with Crippen molar-refractivity contribution in [1.29, 1.82) is 0 Å². The third kappa shape index (κ3) is 8.35. The van der Waals surface area contributed by atoms with Crippen molar-refractivity contribution in [2.24, 2.45) is 0 Å². The Balaban J connectivity index is 1.85. The highest BCUT2D eigenvalue weighted by Gasteiger charge is 2.19. The number of rotatable bonds is 9. The van der Waals surface area contributed by atoms with E-state index in [1.165, 1.54) is 12.1 Å². The molecule has 0 aliphatic heterocycles. The van der Waals surface area contributed by atoms with E-state index in [2.05, 4.69) is 16.0 Å². The smallest absolute Gasteiger partial charge is 0.407 e. The molecule has 0 atom stereocenters. The van der Waals surface area contributed by atoms with Gasteiger partial charge in [-0.2, -0.15) is 0 Å². The average Bonchev–Trinajstić information content (AvgIpc) is 2.73. The summed E-state index contributed by atoms with van der Waals surface area (Å²) in [6.45, 7) is 5.91. The van der Waals surface area contributed by atoms with Crippen LogP contribution in [0.5, 0.6) is 0 Å². The predicted octanol–water partition coefficient (Wildman–Crippen LogP) is 2.86. The van der Waals surface area contributed by atoms with Gasteiger partial charge in [0.1, 0.15) is 11.3 Å². The minimum atomic E-state index is -3.58. The Morgan fingerprint density at radius 1 is 1.03 bits per heavy atom. The fraction of sp³-hybridized carbons (Fsp3) is 0.364. The number of sulfone groups is 1. The summed E-state index contributed by atoms with van der Waals surface area (Å²) in [6.07, 6.45) is 0.437. The zero-order valence-electron chi connectivity index (χ0n) is 19.4. The molecule has 184 valence electrons. The van der Waals surface area contributed by atoms with Gasteiger partial charge in [-0.25, -0.2) is 13.2 Å². The monoisotopic (exact) mass is 492 g/mol. The van der Waals surface area contributed by atoms with E-state index >= 15 is 0 Å². The Kier molecular flexibility index (Phi) is 8.57. The molecule has 0 radical (unpaired) electrons. The Labute approximate surface area is 198 Å². The lowest BCUT2D eigenvalue weighted by Crippen LogP contribution is -2.32. The lowest BCUT2D eigenvalue weighted by atomic mass is 10.1. The molecule has 2 rings (SSSR count). The Hall–Kier alpha value is -3.67. The Morgan fingerprint density at radius 2 is 1.68 bits per heavy atom. The number of alkyl carbamates (subject to hydrolysis) is 1. The summed E-state index contributed by atoms with van der Waals surface area (Å²) in [7, 11) is -3.58. The molecule has 0 spiro atoms. The van der Waals surface area contributed by atoms with Crippen LogP contribution < -0.4 is 16.0 Å². The quantitative estimate of drug-likeness (QED) is 0.274. The van der Waals surface area contributed by atoms with Crippen LogP contribution in [0, 0.1) is 10.1 Å². The normalized spacial score (nSPS) is 11.4. The van der Waals surface area contributed by atoms with Gasteiger partial charge in [0.15, 0.2) is 9.84 Å². The van der Waals surface area contributed by atoms with Crippen molar-refractivity contribution >= 4 is 33.2 Å². The molecule has 0 aliphatic rings. The molecular weight excluding hydrogens is 464 g/mol. The summed E-state index contributed by atoms with van der Waals surface area (Å²) >= 11 is 0. The van der Waals surface area contributed by atoms with E-state index in [1.54, 1.807) is 45.0 Å². The van der Waals surface area contributed by atoms with Gasteiger partial charge in [-0.15, -0.1) is 0 Å². The van der Waals surface area contributed by atoms with Crippen LogP contribution in [0.2, 0.25) is 0 Å². The second kappa shape index (κ2) is 11.0. The zero-order chi connectivity index (χ0) is 25.5. The number of amides is 2. The molecule has 2 aromatic rings. The molecule has 0 heterocycles. The number of benzene rings is 2. The number of nitro groups is 1. The first-order valence-electron chi connectivity index (χ1n) is 10.3. The number of anilines is 1. The lowest BCUT2D eigenvalue weighted by molar-refractivity contribution is -0.384. The van der Waals surface area contributed by atoms with Crippen molar-refractivity contribution in [3.05, 3.63) is 63.7 Å². The van der Waals surface area contributed by atoms with E-state index in [4.69, 9.17) is 4.74 Å². The van der Waals surface area contributed by atoms with Crippen LogP contribution in [0.3, 0.4) is 0 Å². The molecule has 0 aromatic heterocycles. The SMILES string of the molecule is CC(C)(C)OC(=O)NCc1ccc(C(=O)NCCNc2ccc(S(C)(=O)=O)cc2[N+](=O)[O-])cc1. The van der Waals surface area contributed by atoms with Crippen molar-refractivity contribution in [3.8, 4) is 0 Å². The van der Waals surface area contributed by atoms with Crippen molar-refractivity contribution in [2.75, 3.05) is 24.7 Å². The molecule has 12 heteroatoms. The van der Waals surface area contributed by atoms with Gasteiger partial charge in [-0.05, 0) is 50.6 Å². The zero-order valence-corrected chi connectivity index (χ0v) is 20.2. The second-order valence-corrected chi connectivity index (χ2v) is 10.5.